The largest absolute Gasteiger partial charge is 0.497 e. The predicted molar refractivity (Wildman–Crippen MR) is 96.5 cm³/mol. The lowest BCUT2D eigenvalue weighted by molar-refractivity contribution is -0.138. The molecule has 0 bridgehead atoms. The molecule has 0 radical (unpaired) electrons. The maximum atomic E-state index is 14.2. The van der Waals surface area contributed by atoms with Gasteiger partial charge in [0.05, 0.1) is 13.7 Å². The summed E-state index contributed by atoms with van der Waals surface area (Å²) in [6, 6.07) is 7.83. The number of nitrogens with two attached hydrogens (primary N) is 1. The number of nitrogens with zero attached hydrogens (tertiary/aromatic N) is 1. The molecule has 0 fully saturated rings. The lowest BCUT2D eigenvalue weighted by Crippen LogP contribution is -2.29. The van der Waals surface area contributed by atoms with Crippen LogP contribution in [0.5, 0.6) is 5.75 Å². The molecular formula is C18H18ClF2N3O3. The zero-order valence-electron chi connectivity index (χ0n) is 14.6. The van der Waals surface area contributed by atoms with Crippen LogP contribution in [-0.2, 0) is 16.1 Å². The van der Waals surface area contributed by atoms with Crippen LogP contribution in [0.25, 0.3) is 0 Å². The molecule has 0 saturated heterocycles. The van der Waals surface area contributed by atoms with Gasteiger partial charge >= 0.3 is 0 Å². The summed E-state index contributed by atoms with van der Waals surface area (Å²) in [6.07, 6.45) is -1.31. The molecule has 0 aliphatic rings. The number of hydrogen-bond donors (Lipinski definition) is 2. The third kappa shape index (κ3) is 4.72. The second kappa shape index (κ2) is 8.79. The van der Waals surface area contributed by atoms with Gasteiger partial charge < -0.3 is 15.2 Å². The molecule has 3 N–H and O–H groups in total. The van der Waals surface area contributed by atoms with E-state index in [-0.39, 0.29) is 34.8 Å². The number of nitrogen functional groups attached to an aromatic ring is 1. The minimum absolute atomic E-state index is 0.0265. The van der Waals surface area contributed by atoms with Gasteiger partial charge in [0.1, 0.15) is 23.2 Å². The molecule has 0 heterocycles. The normalized spacial score (nSPS) is 11.7. The predicted octanol–water partition coefficient (Wildman–Crippen LogP) is 3.13. The van der Waals surface area contributed by atoms with E-state index in [2.05, 4.69) is 0 Å². The highest BCUT2D eigenvalue weighted by atomic mass is 35.5. The zero-order valence-corrected chi connectivity index (χ0v) is 15.4. The Labute approximate surface area is 160 Å². The van der Waals surface area contributed by atoms with Gasteiger partial charge in [-0.3, -0.25) is 10.2 Å². The zero-order chi connectivity index (χ0) is 20.1. The minimum Gasteiger partial charge on any atom is -0.497 e. The number of amides is 1. The third-order valence-electron chi connectivity index (χ3n) is 3.86. The third-order valence-corrected chi connectivity index (χ3v) is 4.15. The van der Waals surface area contributed by atoms with Gasteiger partial charge in [0.15, 0.2) is 6.10 Å². The molecule has 144 valence electrons. The molecule has 2 aromatic carbocycles. The number of nitrogens with one attached hydrogen (secondary N) is 1. The summed E-state index contributed by atoms with van der Waals surface area (Å²) >= 11 is 6.00. The lowest BCUT2D eigenvalue weighted by atomic mass is 10.1. The van der Waals surface area contributed by atoms with Crippen LogP contribution in [0, 0.1) is 17.0 Å². The van der Waals surface area contributed by atoms with Crippen molar-refractivity contribution in [2.24, 2.45) is 5.73 Å². The molecule has 0 aliphatic carbocycles. The quantitative estimate of drug-likeness (QED) is 0.427. The van der Waals surface area contributed by atoms with Crippen LogP contribution < -0.4 is 10.5 Å². The van der Waals surface area contributed by atoms with Crippen molar-refractivity contribution < 1.29 is 23.0 Å². The summed E-state index contributed by atoms with van der Waals surface area (Å²) in [7, 11) is 2.62. The Kier molecular flexibility index (Phi) is 6.70. The second-order valence-corrected chi connectivity index (χ2v) is 5.99. The fourth-order valence-corrected chi connectivity index (χ4v) is 2.62. The molecule has 9 heteroatoms. The molecule has 1 amide bonds. The van der Waals surface area contributed by atoms with Crippen LogP contribution in [0.1, 0.15) is 22.8 Å². The fourth-order valence-electron chi connectivity index (χ4n) is 2.41. The van der Waals surface area contributed by atoms with E-state index in [4.69, 9.17) is 32.4 Å². The highest BCUT2D eigenvalue weighted by Crippen LogP contribution is 2.27. The van der Waals surface area contributed by atoms with Crippen molar-refractivity contribution in [3.05, 3.63) is 64.7 Å². The number of benzene rings is 2. The smallest absolute Gasteiger partial charge is 0.271 e. The van der Waals surface area contributed by atoms with E-state index in [1.54, 1.807) is 0 Å². The average molecular weight is 398 g/mol. The SMILES string of the molecule is COc1ccc(C(OC)C(=O)N(Cl)Cc2ccc(C(=N)N)cc2F)c(F)c1. The first-order chi connectivity index (χ1) is 12.8. The first kappa shape index (κ1) is 20.6. The first-order valence-electron chi connectivity index (χ1n) is 7.74. The van der Waals surface area contributed by atoms with Gasteiger partial charge in [-0.1, -0.05) is 12.1 Å². The van der Waals surface area contributed by atoms with Crippen molar-refractivity contribution in [2.75, 3.05) is 14.2 Å². The number of halogens is 3. The van der Waals surface area contributed by atoms with Crippen molar-refractivity contribution in [2.45, 2.75) is 12.6 Å². The van der Waals surface area contributed by atoms with E-state index >= 15 is 0 Å². The van der Waals surface area contributed by atoms with Crippen LogP contribution in [0.3, 0.4) is 0 Å². The Hall–Kier alpha value is -2.71. The Morgan fingerprint density at radius 2 is 1.93 bits per heavy atom. The van der Waals surface area contributed by atoms with Crippen molar-refractivity contribution in [1.29, 1.82) is 5.41 Å². The molecule has 6 nitrogen and oxygen atoms in total. The van der Waals surface area contributed by atoms with Crippen molar-refractivity contribution in [3.8, 4) is 5.75 Å². The summed E-state index contributed by atoms with van der Waals surface area (Å²) < 4.78 is 39.1. The molecule has 27 heavy (non-hydrogen) atoms. The maximum absolute atomic E-state index is 14.2. The van der Waals surface area contributed by atoms with Crippen LogP contribution in [0.2, 0.25) is 0 Å². The van der Waals surface area contributed by atoms with Gasteiger partial charge in [0.25, 0.3) is 5.91 Å². The Bertz CT molecular complexity index is 864. The topological polar surface area (TPSA) is 88.6 Å². The lowest BCUT2D eigenvalue weighted by Gasteiger charge is -2.21. The number of methoxy groups -OCH3 is 2. The Morgan fingerprint density at radius 3 is 2.44 bits per heavy atom. The summed E-state index contributed by atoms with van der Waals surface area (Å²) in [5.41, 5.74) is 5.59. The van der Waals surface area contributed by atoms with Crippen molar-refractivity contribution in [3.63, 3.8) is 0 Å². The standard InChI is InChI=1S/C18H18ClF2N3O3/c1-26-12-5-6-13(15(21)8-12)16(27-2)18(25)24(19)9-11-4-3-10(17(22)23)7-14(11)20/h3-8,16H,9H2,1-2H3,(H3,22,23). The number of rotatable bonds is 7. The van der Waals surface area contributed by atoms with E-state index in [0.29, 0.717) is 4.42 Å². The maximum Gasteiger partial charge on any atom is 0.271 e. The van der Waals surface area contributed by atoms with Gasteiger partial charge in [0.2, 0.25) is 0 Å². The molecule has 1 unspecified atom stereocenters. The van der Waals surface area contributed by atoms with Crippen molar-refractivity contribution >= 4 is 23.5 Å². The van der Waals surface area contributed by atoms with Gasteiger partial charge in [0, 0.05) is 41.6 Å². The highest BCUT2D eigenvalue weighted by molar-refractivity contribution is 6.21. The van der Waals surface area contributed by atoms with E-state index < -0.39 is 23.6 Å². The summed E-state index contributed by atoms with van der Waals surface area (Å²) in [5, 5.41) is 7.30. The Balaban J connectivity index is 2.21. The van der Waals surface area contributed by atoms with Gasteiger partial charge in [-0.25, -0.2) is 13.2 Å². The van der Waals surface area contributed by atoms with Crippen LogP contribution >= 0.6 is 11.8 Å². The van der Waals surface area contributed by atoms with Crippen molar-refractivity contribution in [1.82, 2.24) is 4.42 Å². The molecule has 0 aliphatic heterocycles. The second-order valence-electron chi connectivity index (χ2n) is 5.58. The highest BCUT2D eigenvalue weighted by Gasteiger charge is 2.28. The van der Waals surface area contributed by atoms with E-state index in [0.717, 1.165) is 12.1 Å². The molecule has 0 saturated carbocycles. The van der Waals surface area contributed by atoms with Gasteiger partial charge in [-0.05, 0) is 18.2 Å². The monoisotopic (exact) mass is 397 g/mol. The minimum atomic E-state index is -1.31. The number of hydrogen-bond acceptors (Lipinski definition) is 4. The van der Waals surface area contributed by atoms with Crippen LogP contribution in [0.4, 0.5) is 8.78 Å². The number of ether oxygens (including phenoxy) is 2. The molecule has 0 spiro atoms. The van der Waals surface area contributed by atoms with E-state index in [1.165, 1.54) is 38.5 Å². The summed E-state index contributed by atoms with van der Waals surface area (Å²) in [4.78, 5) is 12.6. The first-order valence-corrected chi connectivity index (χ1v) is 8.08. The van der Waals surface area contributed by atoms with Crippen LogP contribution in [-0.4, -0.2) is 30.4 Å². The fraction of sp³-hybridized carbons (Fsp3) is 0.222. The molecule has 0 aromatic heterocycles. The van der Waals surface area contributed by atoms with Gasteiger partial charge in [-0.2, -0.15) is 0 Å². The number of amidine groups is 1. The average Bonchev–Trinajstić information content (AvgIpc) is 2.64. The number of carbonyl (C=O) groups is 1. The van der Waals surface area contributed by atoms with E-state index in [1.807, 2.05) is 0 Å². The summed E-state index contributed by atoms with van der Waals surface area (Å²) in [6.45, 7) is -0.290. The van der Waals surface area contributed by atoms with E-state index in [9.17, 15) is 13.6 Å². The number of carbonyl (C=O) groups excluding carboxylic acids is 1. The van der Waals surface area contributed by atoms with Gasteiger partial charge in [-0.15, -0.1) is 0 Å². The molecule has 2 rings (SSSR count). The molecule has 1 atom stereocenters. The Morgan fingerprint density at radius 1 is 1.22 bits per heavy atom. The van der Waals surface area contributed by atoms with Crippen LogP contribution in [0.15, 0.2) is 36.4 Å². The molecular weight excluding hydrogens is 380 g/mol. The molecule has 2 aromatic rings. The summed E-state index contributed by atoms with van der Waals surface area (Å²) in [5.74, 6) is -2.14.